The van der Waals surface area contributed by atoms with Crippen LogP contribution in [0.15, 0.2) is 48.8 Å². The van der Waals surface area contributed by atoms with Crippen LogP contribution < -0.4 is 11.1 Å². The number of nitrogens with two attached hydrogens (primary N) is 1. The molecule has 7 heteroatoms. The lowest BCUT2D eigenvalue weighted by molar-refractivity contribution is 0.475. The first-order valence-corrected chi connectivity index (χ1v) is 7.89. The molecular formula is C17H14Cl2N4O. The summed E-state index contributed by atoms with van der Waals surface area (Å²) in [4.78, 5) is 8.21. The van der Waals surface area contributed by atoms with Gasteiger partial charge in [0.1, 0.15) is 12.0 Å². The second-order valence-corrected chi connectivity index (χ2v) is 5.91. The molecule has 4 N–H and O–H groups in total. The number of hydrogen-bond donors (Lipinski definition) is 3. The molecule has 0 atom stereocenters. The Hall–Kier alpha value is -2.34. The van der Waals surface area contributed by atoms with Crippen LogP contribution in [0.3, 0.4) is 0 Å². The van der Waals surface area contributed by atoms with Gasteiger partial charge < -0.3 is 16.2 Å². The Labute approximate surface area is 149 Å². The maximum absolute atomic E-state index is 10.5. The SMILES string of the molecule is NCc1ccc(Nc2ncnc(-c3ccc(Cl)cc3Cl)c2O)cc1. The zero-order chi connectivity index (χ0) is 17.1. The average Bonchev–Trinajstić information content (AvgIpc) is 2.58. The Morgan fingerprint density at radius 2 is 1.79 bits per heavy atom. The minimum Gasteiger partial charge on any atom is -0.503 e. The zero-order valence-corrected chi connectivity index (χ0v) is 14.0. The zero-order valence-electron chi connectivity index (χ0n) is 12.5. The highest BCUT2D eigenvalue weighted by atomic mass is 35.5. The standard InChI is InChI=1S/C17H14Cl2N4O/c18-11-3-6-13(14(19)7-11)15-16(24)17(22-9-21-15)23-12-4-1-10(8-20)2-5-12/h1-7,9,24H,8,20H2,(H,21,22,23). The molecule has 24 heavy (non-hydrogen) atoms. The molecule has 0 unspecified atom stereocenters. The van der Waals surface area contributed by atoms with Crippen molar-refractivity contribution in [1.29, 1.82) is 0 Å². The molecule has 0 aliphatic heterocycles. The molecule has 1 aromatic heterocycles. The van der Waals surface area contributed by atoms with Crippen LogP contribution in [0.5, 0.6) is 5.75 Å². The fourth-order valence-corrected chi connectivity index (χ4v) is 2.71. The number of nitrogens with one attached hydrogen (secondary N) is 1. The number of aromatic hydroxyl groups is 1. The third kappa shape index (κ3) is 3.43. The van der Waals surface area contributed by atoms with E-state index in [9.17, 15) is 5.11 Å². The fraction of sp³-hybridized carbons (Fsp3) is 0.0588. The van der Waals surface area contributed by atoms with Gasteiger partial charge in [-0.1, -0.05) is 35.3 Å². The normalized spacial score (nSPS) is 10.6. The monoisotopic (exact) mass is 360 g/mol. The molecule has 0 spiro atoms. The smallest absolute Gasteiger partial charge is 0.185 e. The first-order valence-electron chi connectivity index (χ1n) is 7.14. The minimum atomic E-state index is -0.0929. The molecule has 0 saturated heterocycles. The van der Waals surface area contributed by atoms with E-state index in [4.69, 9.17) is 28.9 Å². The molecular weight excluding hydrogens is 347 g/mol. The van der Waals surface area contributed by atoms with E-state index in [2.05, 4.69) is 15.3 Å². The highest BCUT2D eigenvalue weighted by Crippen LogP contribution is 2.37. The van der Waals surface area contributed by atoms with E-state index in [-0.39, 0.29) is 11.6 Å². The van der Waals surface area contributed by atoms with Crippen LogP contribution >= 0.6 is 23.2 Å². The van der Waals surface area contributed by atoms with Crippen molar-refractivity contribution in [1.82, 2.24) is 9.97 Å². The van der Waals surface area contributed by atoms with E-state index >= 15 is 0 Å². The second-order valence-electron chi connectivity index (χ2n) is 5.07. The summed E-state index contributed by atoms with van der Waals surface area (Å²) in [7, 11) is 0. The number of nitrogens with zero attached hydrogens (tertiary/aromatic N) is 2. The maximum atomic E-state index is 10.5. The van der Waals surface area contributed by atoms with E-state index in [1.807, 2.05) is 24.3 Å². The number of rotatable bonds is 4. The van der Waals surface area contributed by atoms with Gasteiger partial charge in [0.15, 0.2) is 11.6 Å². The Kier molecular flexibility index (Phi) is 4.85. The molecule has 122 valence electrons. The van der Waals surface area contributed by atoms with E-state index < -0.39 is 0 Å². The lowest BCUT2D eigenvalue weighted by Gasteiger charge is -2.11. The van der Waals surface area contributed by atoms with Crippen molar-refractivity contribution >= 4 is 34.7 Å². The first kappa shape index (κ1) is 16.5. The van der Waals surface area contributed by atoms with Gasteiger partial charge in [-0.25, -0.2) is 9.97 Å². The van der Waals surface area contributed by atoms with Gasteiger partial charge in [0.2, 0.25) is 0 Å². The lowest BCUT2D eigenvalue weighted by atomic mass is 10.1. The van der Waals surface area contributed by atoms with Gasteiger partial charge in [-0.05, 0) is 35.9 Å². The summed E-state index contributed by atoms with van der Waals surface area (Å²) in [6.07, 6.45) is 1.36. The third-order valence-corrected chi connectivity index (χ3v) is 4.01. The van der Waals surface area contributed by atoms with Crippen molar-refractivity contribution < 1.29 is 5.11 Å². The second kappa shape index (κ2) is 7.05. The summed E-state index contributed by atoms with van der Waals surface area (Å²) in [6, 6.07) is 12.5. The highest BCUT2D eigenvalue weighted by molar-refractivity contribution is 6.36. The summed E-state index contributed by atoms with van der Waals surface area (Å²) in [6.45, 7) is 0.470. The number of benzene rings is 2. The van der Waals surface area contributed by atoms with E-state index in [0.717, 1.165) is 11.3 Å². The molecule has 0 amide bonds. The van der Waals surface area contributed by atoms with Crippen LogP contribution in [0.4, 0.5) is 11.5 Å². The molecule has 0 saturated carbocycles. The summed E-state index contributed by atoms with van der Waals surface area (Å²) >= 11 is 12.1. The van der Waals surface area contributed by atoms with Crippen LogP contribution in [-0.4, -0.2) is 15.1 Å². The van der Waals surface area contributed by atoms with Crippen LogP contribution in [0.1, 0.15) is 5.56 Å². The molecule has 0 aliphatic carbocycles. The molecule has 1 heterocycles. The van der Waals surface area contributed by atoms with Crippen molar-refractivity contribution in [2.75, 3.05) is 5.32 Å². The summed E-state index contributed by atoms with van der Waals surface area (Å²) in [5, 5.41) is 14.5. The predicted octanol–water partition coefficient (Wildman–Crippen LogP) is 4.36. The first-order chi connectivity index (χ1) is 11.6. The van der Waals surface area contributed by atoms with E-state index in [0.29, 0.717) is 27.8 Å². The molecule has 0 fully saturated rings. The highest BCUT2D eigenvalue weighted by Gasteiger charge is 2.15. The largest absolute Gasteiger partial charge is 0.503 e. The van der Waals surface area contributed by atoms with Gasteiger partial charge in [-0.3, -0.25) is 0 Å². The average molecular weight is 361 g/mol. The molecule has 0 bridgehead atoms. The van der Waals surface area contributed by atoms with Crippen molar-refractivity contribution in [2.45, 2.75) is 6.54 Å². The molecule has 3 rings (SSSR count). The van der Waals surface area contributed by atoms with Gasteiger partial charge >= 0.3 is 0 Å². The Bertz CT molecular complexity index is 869. The number of aromatic nitrogens is 2. The van der Waals surface area contributed by atoms with Crippen LogP contribution in [0.25, 0.3) is 11.3 Å². The van der Waals surface area contributed by atoms with Crippen LogP contribution in [0.2, 0.25) is 10.0 Å². The lowest BCUT2D eigenvalue weighted by Crippen LogP contribution is -1.99. The van der Waals surface area contributed by atoms with E-state index in [1.165, 1.54) is 6.33 Å². The summed E-state index contributed by atoms with van der Waals surface area (Å²) in [5.74, 6) is 0.191. The Morgan fingerprint density at radius 3 is 2.46 bits per heavy atom. The van der Waals surface area contributed by atoms with E-state index in [1.54, 1.807) is 18.2 Å². The van der Waals surface area contributed by atoms with Crippen molar-refractivity contribution in [2.24, 2.45) is 5.73 Å². The number of hydrogen-bond acceptors (Lipinski definition) is 5. The minimum absolute atomic E-state index is 0.0929. The molecule has 2 aromatic carbocycles. The topological polar surface area (TPSA) is 84.1 Å². The molecule has 0 radical (unpaired) electrons. The molecule has 3 aromatic rings. The van der Waals surface area contributed by atoms with Gasteiger partial charge in [0.25, 0.3) is 0 Å². The summed E-state index contributed by atoms with van der Waals surface area (Å²) in [5.41, 5.74) is 8.27. The Morgan fingerprint density at radius 1 is 1.04 bits per heavy atom. The fourth-order valence-electron chi connectivity index (χ4n) is 2.21. The predicted molar refractivity (Wildman–Crippen MR) is 96.8 cm³/mol. The number of halogens is 2. The van der Waals surface area contributed by atoms with Crippen molar-refractivity contribution in [3.05, 3.63) is 64.4 Å². The van der Waals surface area contributed by atoms with Gasteiger partial charge in [0, 0.05) is 22.8 Å². The third-order valence-electron chi connectivity index (χ3n) is 3.46. The summed E-state index contributed by atoms with van der Waals surface area (Å²) < 4.78 is 0. The van der Waals surface area contributed by atoms with Gasteiger partial charge in [0.05, 0.1) is 5.02 Å². The molecule has 0 aliphatic rings. The Balaban J connectivity index is 1.95. The van der Waals surface area contributed by atoms with Gasteiger partial charge in [-0.15, -0.1) is 0 Å². The number of anilines is 2. The van der Waals surface area contributed by atoms with Crippen molar-refractivity contribution in [3.63, 3.8) is 0 Å². The maximum Gasteiger partial charge on any atom is 0.185 e. The van der Waals surface area contributed by atoms with Crippen molar-refractivity contribution in [3.8, 4) is 17.0 Å². The van der Waals surface area contributed by atoms with Crippen LogP contribution in [0, 0.1) is 0 Å². The van der Waals surface area contributed by atoms with Gasteiger partial charge in [-0.2, -0.15) is 0 Å². The van der Waals surface area contributed by atoms with Crippen LogP contribution in [-0.2, 0) is 6.54 Å². The molecule has 5 nitrogen and oxygen atoms in total. The quantitative estimate of drug-likeness (QED) is 0.643.